The number of hydrogen-bond donors (Lipinski definition) is 2. The van der Waals surface area contributed by atoms with E-state index in [1.54, 1.807) is 6.20 Å². The van der Waals surface area contributed by atoms with Crippen LogP contribution < -0.4 is 10.6 Å². The molecule has 2 aliphatic rings. The van der Waals surface area contributed by atoms with Crippen LogP contribution in [0.3, 0.4) is 0 Å². The molecule has 3 rings (SSSR count). The van der Waals surface area contributed by atoms with Gasteiger partial charge in [-0.05, 0) is 37.3 Å². The van der Waals surface area contributed by atoms with E-state index in [0.717, 1.165) is 23.8 Å². The zero-order chi connectivity index (χ0) is 13.1. The van der Waals surface area contributed by atoms with Crippen LogP contribution in [0.1, 0.15) is 44.9 Å². The van der Waals surface area contributed by atoms with E-state index in [2.05, 4.69) is 15.6 Å². The Morgan fingerprint density at radius 1 is 1.26 bits per heavy atom. The topological polar surface area (TPSA) is 54.0 Å². The second-order valence-electron chi connectivity index (χ2n) is 5.73. The SMILES string of the molecule is O=C(CCC1CCC1)Nc1ccc(NC2CC2)nc1. The number of nitrogens with one attached hydrogen (secondary N) is 2. The van der Waals surface area contributed by atoms with Crippen LogP contribution in [0.2, 0.25) is 0 Å². The van der Waals surface area contributed by atoms with E-state index in [4.69, 9.17) is 0 Å². The van der Waals surface area contributed by atoms with E-state index in [1.165, 1.54) is 32.1 Å². The minimum atomic E-state index is 0.108. The molecular formula is C15H21N3O. The van der Waals surface area contributed by atoms with Crippen molar-refractivity contribution in [2.24, 2.45) is 5.92 Å². The lowest BCUT2D eigenvalue weighted by Crippen LogP contribution is -2.17. The van der Waals surface area contributed by atoms with Crippen LogP contribution >= 0.6 is 0 Å². The monoisotopic (exact) mass is 259 g/mol. The minimum absolute atomic E-state index is 0.108. The fourth-order valence-electron chi connectivity index (χ4n) is 2.33. The van der Waals surface area contributed by atoms with Crippen molar-refractivity contribution in [2.45, 2.75) is 51.0 Å². The number of amides is 1. The molecule has 4 heteroatoms. The molecule has 102 valence electrons. The van der Waals surface area contributed by atoms with Crippen molar-refractivity contribution in [1.29, 1.82) is 0 Å². The maximum Gasteiger partial charge on any atom is 0.224 e. The lowest BCUT2D eigenvalue weighted by molar-refractivity contribution is -0.116. The summed E-state index contributed by atoms with van der Waals surface area (Å²) in [6.07, 6.45) is 9.81. The van der Waals surface area contributed by atoms with Gasteiger partial charge in [0.1, 0.15) is 5.82 Å². The van der Waals surface area contributed by atoms with E-state index in [9.17, 15) is 4.79 Å². The molecule has 0 aromatic carbocycles. The van der Waals surface area contributed by atoms with Crippen LogP contribution in [-0.2, 0) is 4.79 Å². The Hall–Kier alpha value is -1.58. The van der Waals surface area contributed by atoms with E-state index >= 15 is 0 Å². The molecule has 2 fully saturated rings. The third-order valence-electron chi connectivity index (χ3n) is 3.98. The average molecular weight is 259 g/mol. The van der Waals surface area contributed by atoms with Gasteiger partial charge >= 0.3 is 0 Å². The Labute approximate surface area is 114 Å². The molecule has 0 aliphatic heterocycles. The molecule has 2 N–H and O–H groups in total. The van der Waals surface area contributed by atoms with Crippen molar-refractivity contribution in [3.05, 3.63) is 18.3 Å². The summed E-state index contributed by atoms with van der Waals surface area (Å²) in [6, 6.07) is 4.45. The number of nitrogens with zero attached hydrogens (tertiary/aromatic N) is 1. The average Bonchev–Trinajstić information content (AvgIpc) is 3.14. The van der Waals surface area contributed by atoms with Gasteiger partial charge in [-0.15, -0.1) is 0 Å². The van der Waals surface area contributed by atoms with E-state index in [0.29, 0.717) is 12.5 Å². The molecule has 1 aromatic rings. The Kier molecular flexibility index (Phi) is 3.67. The molecule has 0 atom stereocenters. The zero-order valence-corrected chi connectivity index (χ0v) is 11.2. The largest absolute Gasteiger partial charge is 0.367 e. The van der Waals surface area contributed by atoms with Crippen molar-refractivity contribution in [1.82, 2.24) is 4.98 Å². The summed E-state index contributed by atoms with van der Waals surface area (Å²) < 4.78 is 0. The Morgan fingerprint density at radius 2 is 2.11 bits per heavy atom. The Bertz CT molecular complexity index is 435. The van der Waals surface area contributed by atoms with Crippen molar-refractivity contribution in [2.75, 3.05) is 10.6 Å². The van der Waals surface area contributed by atoms with Crippen molar-refractivity contribution in [3.63, 3.8) is 0 Å². The molecule has 1 amide bonds. The number of rotatable bonds is 6. The van der Waals surface area contributed by atoms with Crippen molar-refractivity contribution < 1.29 is 4.79 Å². The third-order valence-corrected chi connectivity index (χ3v) is 3.98. The maximum absolute atomic E-state index is 11.8. The highest BCUT2D eigenvalue weighted by atomic mass is 16.1. The molecule has 1 heterocycles. The van der Waals surface area contributed by atoms with Gasteiger partial charge in [0.15, 0.2) is 0 Å². The molecule has 19 heavy (non-hydrogen) atoms. The zero-order valence-electron chi connectivity index (χ0n) is 11.2. The predicted molar refractivity (Wildman–Crippen MR) is 76.1 cm³/mol. The Morgan fingerprint density at radius 3 is 2.68 bits per heavy atom. The smallest absolute Gasteiger partial charge is 0.224 e. The molecule has 2 saturated carbocycles. The first-order valence-corrected chi connectivity index (χ1v) is 7.32. The lowest BCUT2D eigenvalue weighted by Gasteiger charge is -2.24. The number of carbonyl (C=O) groups is 1. The number of pyridine rings is 1. The van der Waals surface area contributed by atoms with Gasteiger partial charge in [0.05, 0.1) is 11.9 Å². The highest BCUT2D eigenvalue weighted by Gasteiger charge is 2.21. The molecule has 0 unspecified atom stereocenters. The quantitative estimate of drug-likeness (QED) is 0.825. The van der Waals surface area contributed by atoms with E-state index in [1.807, 2.05) is 12.1 Å². The summed E-state index contributed by atoms with van der Waals surface area (Å²) in [6.45, 7) is 0. The van der Waals surface area contributed by atoms with Gasteiger partial charge in [-0.2, -0.15) is 0 Å². The number of hydrogen-bond acceptors (Lipinski definition) is 3. The molecule has 2 aliphatic carbocycles. The summed E-state index contributed by atoms with van der Waals surface area (Å²) in [7, 11) is 0. The fourth-order valence-corrected chi connectivity index (χ4v) is 2.33. The van der Waals surface area contributed by atoms with Gasteiger partial charge < -0.3 is 10.6 Å². The van der Waals surface area contributed by atoms with Gasteiger partial charge in [-0.3, -0.25) is 4.79 Å². The van der Waals surface area contributed by atoms with E-state index in [-0.39, 0.29) is 5.91 Å². The molecule has 1 aromatic heterocycles. The molecular weight excluding hydrogens is 238 g/mol. The fraction of sp³-hybridized carbons (Fsp3) is 0.600. The first kappa shape index (κ1) is 12.5. The van der Waals surface area contributed by atoms with Gasteiger partial charge in [0, 0.05) is 12.5 Å². The van der Waals surface area contributed by atoms with Crippen LogP contribution in [0.5, 0.6) is 0 Å². The summed E-state index contributed by atoms with van der Waals surface area (Å²) in [5.74, 6) is 1.79. The summed E-state index contributed by atoms with van der Waals surface area (Å²) >= 11 is 0. The van der Waals surface area contributed by atoms with Gasteiger partial charge in [-0.1, -0.05) is 19.3 Å². The predicted octanol–water partition coefficient (Wildman–Crippen LogP) is 3.17. The highest BCUT2D eigenvalue weighted by Crippen LogP contribution is 2.30. The molecule has 0 spiro atoms. The highest BCUT2D eigenvalue weighted by molar-refractivity contribution is 5.90. The van der Waals surface area contributed by atoms with Gasteiger partial charge in [-0.25, -0.2) is 4.98 Å². The normalized spacial score (nSPS) is 18.7. The molecule has 4 nitrogen and oxygen atoms in total. The first-order chi connectivity index (χ1) is 9.29. The molecule has 0 radical (unpaired) electrons. The Balaban J connectivity index is 1.43. The minimum Gasteiger partial charge on any atom is -0.367 e. The van der Waals surface area contributed by atoms with E-state index < -0.39 is 0 Å². The summed E-state index contributed by atoms with van der Waals surface area (Å²) in [5.41, 5.74) is 0.792. The van der Waals surface area contributed by atoms with Crippen LogP contribution in [0, 0.1) is 5.92 Å². The third kappa shape index (κ3) is 3.69. The lowest BCUT2D eigenvalue weighted by atomic mass is 9.82. The van der Waals surface area contributed by atoms with Crippen molar-refractivity contribution >= 4 is 17.4 Å². The van der Waals surface area contributed by atoms with Crippen LogP contribution in [0.25, 0.3) is 0 Å². The van der Waals surface area contributed by atoms with Crippen LogP contribution in [0.15, 0.2) is 18.3 Å². The maximum atomic E-state index is 11.8. The first-order valence-electron chi connectivity index (χ1n) is 7.32. The van der Waals surface area contributed by atoms with Gasteiger partial charge in [0.2, 0.25) is 5.91 Å². The summed E-state index contributed by atoms with van der Waals surface area (Å²) in [4.78, 5) is 16.1. The summed E-state index contributed by atoms with van der Waals surface area (Å²) in [5, 5.41) is 6.24. The number of anilines is 2. The number of carbonyl (C=O) groups excluding carboxylic acids is 1. The molecule has 0 bridgehead atoms. The van der Waals surface area contributed by atoms with Gasteiger partial charge in [0.25, 0.3) is 0 Å². The van der Waals surface area contributed by atoms with Crippen molar-refractivity contribution in [3.8, 4) is 0 Å². The van der Waals surface area contributed by atoms with Crippen LogP contribution in [-0.4, -0.2) is 16.9 Å². The van der Waals surface area contributed by atoms with Crippen LogP contribution in [0.4, 0.5) is 11.5 Å². The standard InChI is InChI=1S/C15H21N3O/c19-15(9-4-11-2-1-3-11)18-13-7-8-14(16-10-13)17-12-5-6-12/h7-8,10-12H,1-6,9H2,(H,16,17)(H,18,19). The second-order valence-corrected chi connectivity index (χ2v) is 5.73. The molecule has 0 saturated heterocycles. The second kappa shape index (κ2) is 5.59. The number of aromatic nitrogens is 1.